The maximum absolute atomic E-state index is 12.0. The smallest absolute Gasteiger partial charge is 0.317 e. The summed E-state index contributed by atoms with van der Waals surface area (Å²) >= 11 is 0. The molecular weight excluding hydrogens is 260 g/mol. The molecule has 0 unspecified atom stereocenters. The van der Waals surface area contributed by atoms with Gasteiger partial charge < -0.3 is 19.9 Å². The SMILES string of the molecule is CC(C)N(CCC(=O)O)C(=O)NCCCn1ccnc1. The van der Waals surface area contributed by atoms with Gasteiger partial charge in [-0.2, -0.15) is 0 Å². The number of imidazole rings is 1. The molecule has 0 saturated carbocycles. The number of nitrogens with one attached hydrogen (secondary N) is 1. The monoisotopic (exact) mass is 282 g/mol. The number of carbonyl (C=O) groups is 2. The van der Waals surface area contributed by atoms with Crippen molar-refractivity contribution < 1.29 is 14.7 Å². The van der Waals surface area contributed by atoms with Gasteiger partial charge in [-0.25, -0.2) is 9.78 Å². The summed E-state index contributed by atoms with van der Waals surface area (Å²) in [5.74, 6) is -0.899. The van der Waals surface area contributed by atoms with E-state index in [1.54, 1.807) is 12.5 Å². The summed E-state index contributed by atoms with van der Waals surface area (Å²) < 4.78 is 1.94. The predicted molar refractivity (Wildman–Crippen MR) is 74.3 cm³/mol. The Morgan fingerprint density at radius 2 is 2.20 bits per heavy atom. The number of urea groups is 1. The highest BCUT2D eigenvalue weighted by molar-refractivity contribution is 5.75. The summed E-state index contributed by atoms with van der Waals surface area (Å²) in [5, 5.41) is 11.5. The van der Waals surface area contributed by atoms with E-state index in [1.807, 2.05) is 24.6 Å². The van der Waals surface area contributed by atoms with Crippen LogP contribution in [0.1, 0.15) is 26.7 Å². The molecule has 0 saturated heterocycles. The van der Waals surface area contributed by atoms with Crippen LogP contribution >= 0.6 is 0 Å². The van der Waals surface area contributed by atoms with Crippen LogP contribution in [0.3, 0.4) is 0 Å². The molecule has 0 aliphatic rings. The molecule has 1 heterocycles. The van der Waals surface area contributed by atoms with Crippen LogP contribution in [0.5, 0.6) is 0 Å². The van der Waals surface area contributed by atoms with Gasteiger partial charge in [0.05, 0.1) is 12.7 Å². The first-order valence-electron chi connectivity index (χ1n) is 6.72. The highest BCUT2D eigenvalue weighted by Crippen LogP contribution is 2.01. The molecule has 2 N–H and O–H groups in total. The lowest BCUT2D eigenvalue weighted by atomic mass is 10.3. The quantitative estimate of drug-likeness (QED) is 0.701. The number of nitrogens with zero attached hydrogens (tertiary/aromatic N) is 3. The van der Waals surface area contributed by atoms with Crippen LogP contribution < -0.4 is 5.32 Å². The number of hydrogen-bond donors (Lipinski definition) is 2. The molecule has 20 heavy (non-hydrogen) atoms. The van der Waals surface area contributed by atoms with E-state index in [0.717, 1.165) is 13.0 Å². The van der Waals surface area contributed by atoms with Crippen LogP contribution in [-0.4, -0.2) is 50.7 Å². The average molecular weight is 282 g/mol. The zero-order chi connectivity index (χ0) is 15.0. The third-order valence-corrected chi connectivity index (χ3v) is 2.88. The number of aromatic nitrogens is 2. The lowest BCUT2D eigenvalue weighted by Crippen LogP contribution is -2.45. The van der Waals surface area contributed by atoms with Gasteiger partial charge in [-0.15, -0.1) is 0 Å². The Labute approximate surface area is 118 Å². The third kappa shape index (κ3) is 5.73. The van der Waals surface area contributed by atoms with Gasteiger partial charge in [0.2, 0.25) is 0 Å². The molecular formula is C13H22N4O3. The van der Waals surface area contributed by atoms with Gasteiger partial charge in [0.15, 0.2) is 0 Å². The molecule has 0 aliphatic heterocycles. The number of carboxylic acid groups (broad SMARTS) is 1. The zero-order valence-electron chi connectivity index (χ0n) is 12.0. The van der Waals surface area contributed by atoms with Crippen molar-refractivity contribution >= 4 is 12.0 Å². The fourth-order valence-electron chi connectivity index (χ4n) is 1.79. The largest absolute Gasteiger partial charge is 0.481 e. The Hall–Kier alpha value is -2.05. The zero-order valence-corrected chi connectivity index (χ0v) is 12.0. The number of carboxylic acids is 1. The van der Waals surface area contributed by atoms with Crippen LogP contribution in [0.25, 0.3) is 0 Å². The van der Waals surface area contributed by atoms with Gasteiger partial charge in [0, 0.05) is 38.1 Å². The fourth-order valence-corrected chi connectivity index (χ4v) is 1.79. The first-order chi connectivity index (χ1) is 9.50. The Morgan fingerprint density at radius 1 is 1.45 bits per heavy atom. The molecule has 0 spiro atoms. The molecule has 0 aliphatic carbocycles. The molecule has 1 aromatic rings. The molecule has 0 bridgehead atoms. The van der Waals surface area contributed by atoms with Crippen LogP contribution in [0.2, 0.25) is 0 Å². The van der Waals surface area contributed by atoms with E-state index in [9.17, 15) is 9.59 Å². The van der Waals surface area contributed by atoms with E-state index in [4.69, 9.17) is 5.11 Å². The summed E-state index contributed by atoms with van der Waals surface area (Å²) in [6.07, 6.45) is 6.07. The number of amides is 2. The van der Waals surface area contributed by atoms with Gasteiger partial charge in [0.25, 0.3) is 0 Å². The molecule has 112 valence electrons. The lowest BCUT2D eigenvalue weighted by Gasteiger charge is -2.26. The average Bonchev–Trinajstić information content (AvgIpc) is 2.87. The molecule has 1 aromatic heterocycles. The van der Waals surface area contributed by atoms with Gasteiger partial charge in [0.1, 0.15) is 0 Å². The first kappa shape index (κ1) is 16.0. The van der Waals surface area contributed by atoms with E-state index in [-0.39, 0.29) is 25.0 Å². The minimum atomic E-state index is -0.899. The number of aryl methyl sites for hydroxylation is 1. The standard InChI is InChI=1S/C13H22N4O3/c1-11(2)17(8-4-12(18)19)13(20)15-5-3-7-16-9-6-14-10-16/h6,9-11H,3-5,7-8H2,1-2H3,(H,15,20)(H,18,19). The molecule has 0 aromatic carbocycles. The Morgan fingerprint density at radius 3 is 2.75 bits per heavy atom. The summed E-state index contributed by atoms with van der Waals surface area (Å²) in [7, 11) is 0. The van der Waals surface area contributed by atoms with Crippen LogP contribution in [0.15, 0.2) is 18.7 Å². The van der Waals surface area contributed by atoms with Gasteiger partial charge in [-0.1, -0.05) is 0 Å². The van der Waals surface area contributed by atoms with Crippen LogP contribution in [-0.2, 0) is 11.3 Å². The van der Waals surface area contributed by atoms with Crippen molar-refractivity contribution in [3.63, 3.8) is 0 Å². The van der Waals surface area contributed by atoms with Crippen LogP contribution in [0.4, 0.5) is 4.79 Å². The highest BCUT2D eigenvalue weighted by Gasteiger charge is 2.17. The van der Waals surface area contributed by atoms with E-state index in [2.05, 4.69) is 10.3 Å². The van der Waals surface area contributed by atoms with Crippen molar-refractivity contribution in [2.24, 2.45) is 0 Å². The van der Waals surface area contributed by atoms with E-state index in [1.165, 1.54) is 4.90 Å². The normalized spacial score (nSPS) is 10.6. The van der Waals surface area contributed by atoms with Gasteiger partial charge in [-0.05, 0) is 20.3 Å². The number of rotatable bonds is 8. The maximum atomic E-state index is 12.0. The minimum absolute atomic E-state index is 0.0250. The van der Waals surface area contributed by atoms with Crippen molar-refractivity contribution in [1.82, 2.24) is 19.8 Å². The van der Waals surface area contributed by atoms with Crippen molar-refractivity contribution in [3.05, 3.63) is 18.7 Å². The number of aliphatic carboxylic acids is 1. The summed E-state index contributed by atoms with van der Waals surface area (Å²) in [6, 6.07) is -0.241. The molecule has 0 atom stereocenters. The van der Waals surface area contributed by atoms with E-state index < -0.39 is 5.97 Å². The van der Waals surface area contributed by atoms with E-state index >= 15 is 0 Å². The number of carbonyl (C=O) groups excluding carboxylic acids is 1. The Balaban J connectivity index is 2.28. The summed E-state index contributed by atoms with van der Waals surface area (Å²) in [6.45, 7) is 5.30. The fraction of sp³-hybridized carbons (Fsp3) is 0.615. The maximum Gasteiger partial charge on any atom is 0.317 e. The second kappa shape index (κ2) is 8.19. The molecule has 1 rings (SSSR count). The van der Waals surface area contributed by atoms with Crippen LogP contribution in [0, 0.1) is 0 Å². The molecule has 0 radical (unpaired) electrons. The molecule has 2 amide bonds. The molecule has 7 nitrogen and oxygen atoms in total. The lowest BCUT2D eigenvalue weighted by molar-refractivity contribution is -0.137. The van der Waals surface area contributed by atoms with Crippen molar-refractivity contribution in [2.75, 3.05) is 13.1 Å². The first-order valence-corrected chi connectivity index (χ1v) is 6.72. The number of hydrogen-bond acceptors (Lipinski definition) is 3. The third-order valence-electron chi connectivity index (χ3n) is 2.88. The van der Waals surface area contributed by atoms with Crippen molar-refractivity contribution in [1.29, 1.82) is 0 Å². The van der Waals surface area contributed by atoms with Crippen molar-refractivity contribution in [2.45, 2.75) is 39.3 Å². The van der Waals surface area contributed by atoms with Gasteiger partial charge >= 0.3 is 12.0 Å². The minimum Gasteiger partial charge on any atom is -0.481 e. The topological polar surface area (TPSA) is 87.5 Å². The second-order valence-electron chi connectivity index (χ2n) is 4.82. The van der Waals surface area contributed by atoms with E-state index in [0.29, 0.717) is 6.54 Å². The predicted octanol–water partition coefficient (Wildman–Crippen LogP) is 1.17. The summed E-state index contributed by atoms with van der Waals surface area (Å²) in [5.41, 5.74) is 0. The Kier molecular flexibility index (Phi) is 6.55. The highest BCUT2D eigenvalue weighted by atomic mass is 16.4. The molecule has 0 fully saturated rings. The molecule has 7 heteroatoms. The summed E-state index contributed by atoms with van der Waals surface area (Å²) in [4.78, 5) is 28.0. The Bertz CT molecular complexity index is 417. The second-order valence-corrected chi connectivity index (χ2v) is 4.82. The van der Waals surface area contributed by atoms with Crippen molar-refractivity contribution in [3.8, 4) is 0 Å². The van der Waals surface area contributed by atoms with Gasteiger partial charge in [-0.3, -0.25) is 4.79 Å².